The van der Waals surface area contributed by atoms with Gasteiger partial charge in [0.05, 0.1) is 24.6 Å². The van der Waals surface area contributed by atoms with Crippen LogP contribution in [0.2, 0.25) is 0 Å². The molecule has 10 nitrogen and oxygen atoms in total. The van der Waals surface area contributed by atoms with Gasteiger partial charge in [0, 0.05) is 19.2 Å². The van der Waals surface area contributed by atoms with Crippen LogP contribution in [0.4, 0.5) is 17.6 Å². The van der Waals surface area contributed by atoms with Crippen molar-refractivity contribution in [3.8, 4) is 34.5 Å². The van der Waals surface area contributed by atoms with Gasteiger partial charge in [-0.25, -0.2) is 24.3 Å². The van der Waals surface area contributed by atoms with E-state index in [1.54, 1.807) is 6.07 Å². The fraction of sp³-hybridized carbons (Fsp3) is 0.280. The molecule has 1 saturated carbocycles. The summed E-state index contributed by atoms with van der Waals surface area (Å²) in [5.74, 6) is 0.193. The van der Waals surface area contributed by atoms with E-state index < -0.39 is 17.7 Å². The highest BCUT2D eigenvalue weighted by Crippen LogP contribution is 2.45. The molecule has 0 saturated heterocycles. The van der Waals surface area contributed by atoms with Gasteiger partial charge >= 0.3 is 6.18 Å². The maximum absolute atomic E-state index is 15.0. The number of aromatic amines is 1. The second kappa shape index (κ2) is 9.29. The molecule has 1 N–H and O–H groups in total. The Kier molecular flexibility index (Phi) is 5.88. The normalized spacial score (nSPS) is 13.7. The molecule has 1 aliphatic carbocycles. The number of fused-ring (bicyclic) bond motifs is 1. The van der Waals surface area contributed by atoms with Crippen molar-refractivity contribution in [1.82, 2.24) is 39.7 Å². The molecule has 0 aliphatic heterocycles. The number of aryl methyl sites for hydroxylation is 1. The number of hydrogen-bond acceptors (Lipinski definition) is 8. The highest BCUT2D eigenvalue weighted by Gasteiger charge is 2.35. The number of aromatic nitrogens is 8. The molecule has 0 radical (unpaired) electrons. The summed E-state index contributed by atoms with van der Waals surface area (Å²) >= 11 is 0. The average molecular weight is 540 g/mol. The molecule has 4 heterocycles. The highest BCUT2D eigenvalue weighted by molar-refractivity contribution is 5.82. The minimum Gasteiger partial charge on any atom is -0.480 e. The number of alkyl halides is 3. The molecule has 4 aromatic heterocycles. The molecule has 0 amide bonds. The molecule has 39 heavy (non-hydrogen) atoms. The van der Waals surface area contributed by atoms with Crippen molar-refractivity contribution in [2.45, 2.75) is 31.5 Å². The van der Waals surface area contributed by atoms with E-state index in [-0.39, 0.29) is 35.6 Å². The van der Waals surface area contributed by atoms with E-state index in [2.05, 4.69) is 35.1 Å². The minimum absolute atomic E-state index is 0.0675. The number of halogens is 4. The standard InChI is InChI=1S/C25H20F4N8O2/c1-37-9-17(25(27,28)29)33-22(37)14-6-3-12(7-16(14)26)10-39-23-15-8-32-36-20(15)34-21(35-23)18-19(13-4-5-13)30-11-31-24(18)38-2/h3,6-9,11,13H,4-5,10H2,1-2H3,(H,32,34,35,36). The zero-order valence-electron chi connectivity index (χ0n) is 20.6. The molecular formula is C25H20F4N8O2. The van der Waals surface area contributed by atoms with Crippen LogP contribution in [-0.4, -0.2) is 46.8 Å². The summed E-state index contributed by atoms with van der Waals surface area (Å²) in [6.07, 6.45) is 1.11. The smallest absolute Gasteiger partial charge is 0.434 e. The molecule has 0 spiro atoms. The largest absolute Gasteiger partial charge is 0.480 e. The van der Waals surface area contributed by atoms with E-state index in [0.717, 1.165) is 29.3 Å². The van der Waals surface area contributed by atoms with Gasteiger partial charge in [-0.1, -0.05) is 6.07 Å². The number of ether oxygens (including phenoxy) is 2. The number of H-pyrrole nitrogens is 1. The molecule has 0 atom stereocenters. The van der Waals surface area contributed by atoms with Crippen molar-refractivity contribution >= 4 is 11.0 Å². The Labute approximate surface area is 218 Å². The number of nitrogens with one attached hydrogen (secondary N) is 1. The number of nitrogens with zero attached hydrogens (tertiary/aromatic N) is 7. The van der Waals surface area contributed by atoms with E-state index in [0.29, 0.717) is 28.0 Å². The van der Waals surface area contributed by atoms with Crippen molar-refractivity contribution in [2.75, 3.05) is 7.11 Å². The van der Waals surface area contributed by atoms with E-state index >= 15 is 0 Å². The lowest BCUT2D eigenvalue weighted by atomic mass is 10.1. The zero-order chi connectivity index (χ0) is 27.3. The average Bonchev–Trinajstić information content (AvgIpc) is 3.51. The first-order valence-corrected chi connectivity index (χ1v) is 11.9. The van der Waals surface area contributed by atoms with Crippen LogP contribution in [0, 0.1) is 5.82 Å². The fourth-order valence-corrected chi connectivity index (χ4v) is 4.28. The van der Waals surface area contributed by atoms with E-state index in [1.807, 2.05) is 0 Å². The summed E-state index contributed by atoms with van der Waals surface area (Å²) in [5, 5.41) is 7.35. The number of rotatable bonds is 7. The summed E-state index contributed by atoms with van der Waals surface area (Å²) in [6.45, 7) is -0.0831. The first kappa shape index (κ1) is 24.7. The minimum atomic E-state index is -4.63. The molecule has 1 fully saturated rings. The van der Waals surface area contributed by atoms with Crippen LogP contribution in [0.1, 0.15) is 35.7 Å². The molecule has 1 aromatic carbocycles. The van der Waals surface area contributed by atoms with Crippen molar-refractivity contribution in [3.63, 3.8) is 0 Å². The van der Waals surface area contributed by atoms with Gasteiger partial charge in [0.25, 0.3) is 0 Å². The predicted octanol–water partition coefficient (Wildman–Crippen LogP) is 4.83. The molecule has 14 heteroatoms. The fourth-order valence-electron chi connectivity index (χ4n) is 4.28. The lowest BCUT2D eigenvalue weighted by Gasteiger charge is -2.13. The summed E-state index contributed by atoms with van der Waals surface area (Å²) in [4.78, 5) is 21.4. The molecule has 200 valence electrons. The van der Waals surface area contributed by atoms with Crippen LogP contribution < -0.4 is 9.47 Å². The first-order valence-electron chi connectivity index (χ1n) is 11.9. The Morgan fingerprint density at radius 1 is 1.10 bits per heavy atom. The summed E-state index contributed by atoms with van der Waals surface area (Å²) in [6, 6.07) is 4.10. The molecule has 6 rings (SSSR count). The highest BCUT2D eigenvalue weighted by atomic mass is 19.4. The number of imidazole rings is 1. The Bertz CT molecular complexity index is 1690. The Hall–Kier alpha value is -4.62. The quantitative estimate of drug-likeness (QED) is 0.292. The molecule has 0 bridgehead atoms. The van der Waals surface area contributed by atoms with Gasteiger partial charge in [-0.3, -0.25) is 5.10 Å². The lowest BCUT2D eigenvalue weighted by molar-refractivity contribution is -0.140. The summed E-state index contributed by atoms with van der Waals surface area (Å²) < 4.78 is 66.7. The van der Waals surface area contributed by atoms with Crippen LogP contribution in [0.25, 0.3) is 33.8 Å². The Morgan fingerprint density at radius 2 is 1.92 bits per heavy atom. The van der Waals surface area contributed by atoms with Crippen LogP contribution in [0.15, 0.2) is 36.9 Å². The molecular weight excluding hydrogens is 520 g/mol. The third-order valence-corrected chi connectivity index (χ3v) is 6.31. The van der Waals surface area contributed by atoms with Gasteiger partial charge in [0.1, 0.15) is 35.5 Å². The zero-order valence-corrected chi connectivity index (χ0v) is 20.6. The van der Waals surface area contributed by atoms with E-state index in [1.165, 1.54) is 38.8 Å². The van der Waals surface area contributed by atoms with Gasteiger partial charge in [-0.2, -0.15) is 23.3 Å². The van der Waals surface area contributed by atoms with Gasteiger partial charge in [-0.15, -0.1) is 0 Å². The lowest BCUT2D eigenvalue weighted by Crippen LogP contribution is -2.05. The van der Waals surface area contributed by atoms with Gasteiger partial charge in [0.2, 0.25) is 11.8 Å². The molecule has 5 aromatic rings. The third-order valence-electron chi connectivity index (χ3n) is 6.31. The molecule has 1 aliphatic rings. The second-order valence-electron chi connectivity index (χ2n) is 9.06. The second-order valence-corrected chi connectivity index (χ2v) is 9.06. The van der Waals surface area contributed by atoms with Crippen LogP contribution in [0.5, 0.6) is 11.8 Å². The predicted molar refractivity (Wildman–Crippen MR) is 129 cm³/mol. The van der Waals surface area contributed by atoms with E-state index in [9.17, 15) is 17.6 Å². The van der Waals surface area contributed by atoms with Crippen molar-refractivity contribution in [3.05, 3.63) is 59.7 Å². The number of hydrogen-bond donors (Lipinski definition) is 1. The van der Waals surface area contributed by atoms with Crippen molar-refractivity contribution in [2.24, 2.45) is 7.05 Å². The Balaban J connectivity index is 1.31. The first-order chi connectivity index (χ1) is 18.7. The maximum atomic E-state index is 15.0. The van der Waals surface area contributed by atoms with Crippen molar-refractivity contribution in [1.29, 1.82) is 0 Å². The van der Waals surface area contributed by atoms with Gasteiger partial charge in [-0.05, 0) is 30.5 Å². The summed E-state index contributed by atoms with van der Waals surface area (Å²) in [7, 11) is 2.88. The molecule has 0 unspecified atom stereocenters. The number of methoxy groups -OCH3 is 1. The van der Waals surface area contributed by atoms with E-state index in [4.69, 9.17) is 9.47 Å². The SMILES string of the molecule is COc1ncnc(C2CC2)c1-c1nc(OCc2ccc(-c3nc(C(F)(F)F)cn3C)c(F)c2)c2cn[nH]c2n1. The van der Waals surface area contributed by atoms with Crippen LogP contribution in [-0.2, 0) is 19.8 Å². The van der Waals surface area contributed by atoms with Gasteiger partial charge in [0.15, 0.2) is 17.2 Å². The number of benzene rings is 1. The monoisotopic (exact) mass is 540 g/mol. The topological polar surface area (TPSA) is 117 Å². The van der Waals surface area contributed by atoms with Gasteiger partial charge < -0.3 is 14.0 Å². The van der Waals surface area contributed by atoms with Crippen LogP contribution in [0.3, 0.4) is 0 Å². The Morgan fingerprint density at radius 3 is 2.62 bits per heavy atom. The van der Waals surface area contributed by atoms with Crippen LogP contribution >= 0.6 is 0 Å². The summed E-state index contributed by atoms with van der Waals surface area (Å²) in [5.41, 5.74) is 1.03. The maximum Gasteiger partial charge on any atom is 0.434 e. The third kappa shape index (κ3) is 4.62. The van der Waals surface area contributed by atoms with Crippen molar-refractivity contribution < 1.29 is 27.0 Å².